The third-order valence-electron chi connectivity index (χ3n) is 4.47. The summed E-state index contributed by atoms with van der Waals surface area (Å²) in [5, 5.41) is 0. The molecule has 5 heteroatoms. The van der Waals surface area contributed by atoms with Crippen LogP contribution in [0.4, 0.5) is 5.69 Å². The molecule has 0 radical (unpaired) electrons. The molecular weight excluding hydrogens is 382 g/mol. The van der Waals surface area contributed by atoms with Gasteiger partial charge in [-0.15, -0.1) is 0 Å². The van der Waals surface area contributed by atoms with E-state index in [1.807, 2.05) is 67.6 Å². The maximum atomic E-state index is 13.3. The first-order valence-corrected chi connectivity index (χ1v) is 10.1. The molecule has 0 saturated carbocycles. The molecule has 1 aliphatic heterocycles. The molecule has 4 nitrogen and oxygen atoms in total. The van der Waals surface area contributed by atoms with Crippen LogP contribution in [0.1, 0.15) is 12.5 Å². The number of imide groups is 1. The van der Waals surface area contributed by atoms with Gasteiger partial charge in [-0.05, 0) is 48.9 Å². The summed E-state index contributed by atoms with van der Waals surface area (Å²) in [5.41, 5.74) is 1.69. The highest BCUT2D eigenvalue weighted by Gasteiger charge is 2.40. The van der Waals surface area contributed by atoms with E-state index in [1.54, 1.807) is 24.3 Å². The molecule has 0 spiro atoms. The van der Waals surface area contributed by atoms with Gasteiger partial charge in [0.25, 0.3) is 11.8 Å². The molecule has 0 saturated heterocycles. The van der Waals surface area contributed by atoms with Crippen molar-refractivity contribution in [2.45, 2.75) is 11.8 Å². The van der Waals surface area contributed by atoms with Crippen LogP contribution in [-0.2, 0) is 9.59 Å². The van der Waals surface area contributed by atoms with E-state index in [1.165, 1.54) is 16.7 Å². The fourth-order valence-corrected chi connectivity index (χ4v) is 4.18. The quantitative estimate of drug-likeness (QED) is 0.535. The van der Waals surface area contributed by atoms with E-state index in [-0.39, 0.29) is 11.8 Å². The molecule has 0 atom stereocenters. The van der Waals surface area contributed by atoms with Crippen molar-refractivity contribution in [1.29, 1.82) is 0 Å². The van der Waals surface area contributed by atoms with E-state index in [0.717, 1.165) is 10.5 Å². The second-order valence-corrected chi connectivity index (χ2v) is 7.44. The van der Waals surface area contributed by atoms with Crippen LogP contribution >= 0.6 is 11.8 Å². The molecule has 0 unspecified atom stereocenters. The smallest absolute Gasteiger partial charge is 0.272 e. The molecule has 1 heterocycles. The molecule has 0 aliphatic carbocycles. The summed E-state index contributed by atoms with van der Waals surface area (Å²) in [6, 6.07) is 25.9. The number of thioether (sulfide) groups is 1. The van der Waals surface area contributed by atoms with E-state index in [0.29, 0.717) is 28.5 Å². The maximum absolute atomic E-state index is 13.3. The summed E-state index contributed by atoms with van der Waals surface area (Å²) in [7, 11) is 0. The van der Waals surface area contributed by atoms with Crippen LogP contribution in [0.15, 0.2) is 94.7 Å². The molecule has 29 heavy (non-hydrogen) atoms. The number of nitrogens with zero attached hydrogens (tertiary/aromatic N) is 1. The molecule has 1 aliphatic rings. The average molecular weight is 401 g/mol. The molecule has 0 N–H and O–H groups in total. The Bertz CT molecular complexity index is 1060. The number of benzene rings is 3. The van der Waals surface area contributed by atoms with Gasteiger partial charge in [0.15, 0.2) is 0 Å². The van der Waals surface area contributed by atoms with Crippen molar-refractivity contribution in [3.8, 4) is 5.75 Å². The van der Waals surface area contributed by atoms with E-state index < -0.39 is 0 Å². The Balaban J connectivity index is 1.75. The Kier molecular flexibility index (Phi) is 5.49. The summed E-state index contributed by atoms with van der Waals surface area (Å²) in [5.74, 6) is 0.0705. The molecule has 144 valence electrons. The Morgan fingerprint density at radius 3 is 2.03 bits per heavy atom. The number of anilines is 1. The van der Waals surface area contributed by atoms with E-state index in [4.69, 9.17) is 4.74 Å². The van der Waals surface area contributed by atoms with Gasteiger partial charge in [-0.1, -0.05) is 60.3 Å². The van der Waals surface area contributed by atoms with E-state index in [9.17, 15) is 9.59 Å². The molecule has 3 aromatic rings. The van der Waals surface area contributed by atoms with Gasteiger partial charge in [-0.25, -0.2) is 4.90 Å². The minimum absolute atomic E-state index is 0.313. The highest BCUT2D eigenvalue weighted by molar-refractivity contribution is 8.04. The average Bonchev–Trinajstić information content (AvgIpc) is 3.00. The topological polar surface area (TPSA) is 46.6 Å². The molecule has 0 bridgehead atoms. The lowest BCUT2D eigenvalue weighted by atomic mass is 10.1. The molecule has 0 aromatic heterocycles. The second-order valence-electron chi connectivity index (χ2n) is 6.36. The second kappa shape index (κ2) is 8.37. The van der Waals surface area contributed by atoms with E-state index in [2.05, 4.69) is 0 Å². The van der Waals surface area contributed by atoms with Gasteiger partial charge in [-0.3, -0.25) is 9.59 Å². The Morgan fingerprint density at radius 2 is 1.41 bits per heavy atom. The highest BCUT2D eigenvalue weighted by atomic mass is 32.2. The summed E-state index contributed by atoms with van der Waals surface area (Å²) in [4.78, 5) is 29.2. The molecule has 4 rings (SSSR count). The summed E-state index contributed by atoms with van der Waals surface area (Å²) in [6.07, 6.45) is 0. The lowest BCUT2D eigenvalue weighted by Gasteiger charge is -2.16. The highest BCUT2D eigenvalue weighted by Crippen LogP contribution is 2.41. The number of rotatable bonds is 6. The van der Waals surface area contributed by atoms with Crippen molar-refractivity contribution in [1.82, 2.24) is 0 Å². The van der Waals surface area contributed by atoms with Gasteiger partial charge < -0.3 is 4.74 Å². The lowest BCUT2D eigenvalue weighted by molar-refractivity contribution is -0.119. The van der Waals surface area contributed by atoms with Crippen LogP contribution in [0.5, 0.6) is 5.75 Å². The van der Waals surface area contributed by atoms with Gasteiger partial charge in [0.1, 0.15) is 5.75 Å². The van der Waals surface area contributed by atoms with E-state index >= 15 is 0 Å². The number of amides is 2. The van der Waals surface area contributed by atoms with Crippen molar-refractivity contribution in [2.24, 2.45) is 0 Å². The van der Waals surface area contributed by atoms with Crippen molar-refractivity contribution in [3.63, 3.8) is 0 Å². The molecular formula is C24H19NO3S. The lowest BCUT2D eigenvalue weighted by Crippen LogP contribution is -2.31. The van der Waals surface area contributed by atoms with Crippen molar-refractivity contribution in [3.05, 3.63) is 95.4 Å². The number of carbonyl (C=O) groups excluding carboxylic acids is 2. The van der Waals surface area contributed by atoms with Crippen molar-refractivity contribution >= 4 is 34.8 Å². The van der Waals surface area contributed by atoms with Crippen LogP contribution < -0.4 is 9.64 Å². The number of ether oxygens (including phenoxy) is 1. The monoisotopic (exact) mass is 401 g/mol. The first-order valence-electron chi connectivity index (χ1n) is 9.33. The summed E-state index contributed by atoms with van der Waals surface area (Å²) < 4.78 is 5.46. The Labute approximate surface area is 173 Å². The third kappa shape index (κ3) is 3.82. The Hall–Kier alpha value is -3.31. The SMILES string of the molecule is CCOc1ccc(N2C(=O)C(Sc3ccccc3)=C(c3ccccc3)C2=O)cc1. The minimum Gasteiger partial charge on any atom is -0.494 e. The van der Waals surface area contributed by atoms with Gasteiger partial charge in [0, 0.05) is 4.90 Å². The van der Waals surface area contributed by atoms with Crippen LogP contribution in [0.2, 0.25) is 0 Å². The first kappa shape index (κ1) is 19.0. The van der Waals surface area contributed by atoms with Crippen LogP contribution in [0.25, 0.3) is 5.57 Å². The minimum atomic E-state index is -0.316. The van der Waals surface area contributed by atoms with Crippen molar-refractivity contribution < 1.29 is 14.3 Å². The standard InChI is InChI=1S/C24H19NO3S/c1-2-28-19-15-13-18(14-16-19)25-23(26)21(17-9-5-3-6-10-17)22(24(25)27)29-20-11-7-4-8-12-20/h3-16H,2H2,1H3. The van der Waals surface area contributed by atoms with Crippen molar-refractivity contribution in [2.75, 3.05) is 11.5 Å². The zero-order valence-electron chi connectivity index (χ0n) is 15.9. The number of hydrogen-bond acceptors (Lipinski definition) is 4. The predicted molar refractivity (Wildman–Crippen MR) is 116 cm³/mol. The zero-order chi connectivity index (χ0) is 20.2. The zero-order valence-corrected chi connectivity index (χ0v) is 16.7. The molecule has 2 amide bonds. The van der Waals surface area contributed by atoms with Gasteiger partial charge in [0.05, 0.1) is 22.8 Å². The number of carbonyl (C=O) groups is 2. The van der Waals surface area contributed by atoms with Crippen LogP contribution in [0, 0.1) is 0 Å². The Morgan fingerprint density at radius 1 is 0.793 bits per heavy atom. The van der Waals surface area contributed by atoms with Gasteiger partial charge in [0.2, 0.25) is 0 Å². The first-order chi connectivity index (χ1) is 14.2. The molecule has 0 fully saturated rings. The molecule has 3 aromatic carbocycles. The fourth-order valence-electron chi connectivity index (χ4n) is 3.16. The predicted octanol–water partition coefficient (Wildman–Crippen LogP) is 5.16. The maximum Gasteiger partial charge on any atom is 0.272 e. The van der Waals surface area contributed by atoms with Crippen LogP contribution in [-0.4, -0.2) is 18.4 Å². The number of hydrogen-bond donors (Lipinski definition) is 0. The fraction of sp³-hybridized carbons (Fsp3) is 0.0833. The van der Waals surface area contributed by atoms with Gasteiger partial charge >= 0.3 is 0 Å². The normalized spacial score (nSPS) is 13.9. The summed E-state index contributed by atoms with van der Waals surface area (Å²) in [6.45, 7) is 2.46. The third-order valence-corrected chi connectivity index (χ3v) is 5.56. The van der Waals surface area contributed by atoms with Crippen LogP contribution in [0.3, 0.4) is 0 Å². The summed E-state index contributed by atoms with van der Waals surface area (Å²) >= 11 is 1.32. The van der Waals surface area contributed by atoms with Gasteiger partial charge in [-0.2, -0.15) is 0 Å². The largest absolute Gasteiger partial charge is 0.494 e.